The molecule has 1 unspecified atom stereocenters. The molecule has 1 heterocycles. The van der Waals surface area contributed by atoms with E-state index in [4.69, 9.17) is 4.74 Å². The van der Waals surface area contributed by atoms with Crippen molar-refractivity contribution in [1.29, 1.82) is 0 Å². The summed E-state index contributed by atoms with van der Waals surface area (Å²) in [6.07, 6.45) is 3.64. The van der Waals surface area contributed by atoms with Gasteiger partial charge in [0.25, 0.3) is 0 Å². The zero-order chi connectivity index (χ0) is 12.0. The van der Waals surface area contributed by atoms with Gasteiger partial charge >= 0.3 is 5.97 Å². The summed E-state index contributed by atoms with van der Waals surface area (Å²) in [5.41, 5.74) is 0. The van der Waals surface area contributed by atoms with Gasteiger partial charge in [-0.25, -0.2) is 0 Å². The minimum absolute atomic E-state index is 0.0877. The first-order valence-electron chi connectivity index (χ1n) is 6.15. The Labute approximate surface area is 98.3 Å². The van der Waals surface area contributed by atoms with Crippen LogP contribution in [-0.4, -0.2) is 50.7 Å². The molecule has 0 aromatic carbocycles. The molecule has 0 aromatic rings. The Bertz CT molecular complexity index is 213. The quantitative estimate of drug-likeness (QED) is 0.709. The number of likely N-dealkylation sites (tertiary alicyclic amines) is 1. The summed E-state index contributed by atoms with van der Waals surface area (Å²) in [6, 6.07) is -0.0877. The zero-order valence-corrected chi connectivity index (χ0v) is 10.7. The van der Waals surface area contributed by atoms with Gasteiger partial charge in [-0.1, -0.05) is 0 Å². The molecule has 0 bridgehead atoms. The van der Waals surface area contributed by atoms with Crippen LogP contribution in [0.2, 0.25) is 0 Å². The minimum Gasteiger partial charge on any atom is -0.468 e. The Morgan fingerprint density at radius 3 is 2.62 bits per heavy atom. The molecule has 1 aliphatic heterocycles. The third-order valence-corrected chi connectivity index (χ3v) is 3.54. The van der Waals surface area contributed by atoms with Gasteiger partial charge in [0.1, 0.15) is 6.04 Å². The van der Waals surface area contributed by atoms with Crippen LogP contribution in [0.3, 0.4) is 0 Å². The Hall–Kier alpha value is -0.610. The second-order valence-electron chi connectivity index (χ2n) is 4.57. The molecular weight excluding hydrogens is 204 g/mol. The van der Waals surface area contributed by atoms with E-state index in [0.29, 0.717) is 0 Å². The molecule has 0 radical (unpaired) electrons. The van der Waals surface area contributed by atoms with E-state index in [0.717, 1.165) is 25.6 Å². The monoisotopic (exact) mass is 228 g/mol. The van der Waals surface area contributed by atoms with Crippen molar-refractivity contribution in [3.63, 3.8) is 0 Å². The average molecular weight is 228 g/mol. The zero-order valence-electron chi connectivity index (χ0n) is 10.7. The lowest BCUT2D eigenvalue weighted by atomic mass is 9.93. The lowest BCUT2D eigenvalue weighted by molar-refractivity contribution is -0.146. The largest absolute Gasteiger partial charge is 0.468 e. The first-order valence-corrected chi connectivity index (χ1v) is 6.15. The van der Waals surface area contributed by atoms with Crippen molar-refractivity contribution < 1.29 is 9.53 Å². The molecule has 16 heavy (non-hydrogen) atoms. The van der Waals surface area contributed by atoms with Gasteiger partial charge in [-0.15, -0.1) is 0 Å². The molecule has 1 saturated heterocycles. The van der Waals surface area contributed by atoms with Crippen LogP contribution in [0, 0.1) is 5.92 Å². The molecule has 0 aliphatic carbocycles. The molecule has 0 saturated carbocycles. The van der Waals surface area contributed by atoms with Gasteiger partial charge in [0.2, 0.25) is 0 Å². The van der Waals surface area contributed by atoms with Gasteiger partial charge in [0, 0.05) is 0 Å². The summed E-state index contributed by atoms with van der Waals surface area (Å²) in [6.45, 7) is 5.06. The maximum absolute atomic E-state index is 11.4. The van der Waals surface area contributed by atoms with Crippen LogP contribution in [0.1, 0.15) is 26.2 Å². The third-order valence-electron chi connectivity index (χ3n) is 3.54. The first kappa shape index (κ1) is 13.5. The Morgan fingerprint density at radius 1 is 1.50 bits per heavy atom. The van der Waals surface area contributed by atoms with Crippen LogP contribution in [0.4, 0.5) is 0 Å². The van der Waals surface area contributed by atoms with Crippen molar-refractivity contribution >= 4 is 5.97 Å². The molecule has 0 amide bonds. The average Bonchev–Trinajstić information content (AvgIpc) is 2.35. The van der Waals surface area contributed by atoms with Crippen molar-refractivity contribution in [2.45, 2.75) is 32.2 Å². The molecule has 94 valence electrons. The summed E-state index contributed by atoms with van der Waals surface area (Å²) < 4.78 is 4.77. The summed E-state index contributed by atoms with van der Waals surface area (Å²) in [4.78, 5) is 13.6. The second kappa shape index (κ2) is 6.86. The number of nitrogens with zero attached hydrogens (tertiary/aromatic N) is 1. The van der Waals surface area contributed by atoms with E-state index < -0.39 is 0 Å². The molecule has 0 aromatic heterocycles. The van der Waals surface area contributed by atoms with E-state index in [1.54, 1.807) is 0 Å². The Morgan fingerprint density at radius 2 is 2.12 bits per heavy atom. The Kier molecular flexibility index (Phi) is 5.77. The van der Waals surface area contributed by atoms with Crippen LogP contribution in [0.5, 0.6) is 0 Å². The second-order valence-corrected chi connectivity index (χ2v) is 4.57. The van der Waals surface area contributed by atoms with Crippen molar-refractivity contribution in [3.8, 4) is 0 Å². The molecule has 0 spiro atoms. The summed E-state index contributed by atoms with van der Waals surface area (Å²) in [7, 11) is 3.45. The van der Waals surface area contributed by atoms with Gasteiger partial charge in [0.15, 0.2) is 0 Å². The number of rotatable bonds is 5. The predicted molar refractivity (Wildman–Crippen MR) is 64.3 cm³/mol. The maximum Gasteiger partial charge on any atom is 0.322 e. The smallest absolute Gasteiger partial charge is 0.322 e. The van der Waals surface area contributed by atoms with Gasteiger partial charge in [-0.05, 0) is 58.8 Å². The van der Waals surface area contributed by atoms with E-state index in [-0.39, 0.29) is 12.0 Å². The van der Waals surface area contributed by atoms with E-state index in [1.807, 2.05) is 14.0 Å². The number of esters is 1. The third kappa shape index (κ3) is 3.76. The predicted octanol–water partition coefficient (Wildman–Crippen LogP) is 0.869. The lowest BCUT2D eigenvalue weighted by Gasteiger charge is -2.34. The number of hydrogen-bond donors (Lipinski definition) is 1. The highest BCUT2D eigenvalue weighted by atomic mass is 16.5. The topological polar surface area (TPSA) is 41.6 Å². The summed E-state index contributed by atoms with van der Waals surface area (Å²) >= 11 is 0. The van der Waals surface area contributed by atoms with E-state index in [2.05, 4.69) is 10.2 Å². The van der Waals surface area contributed by atoms with Crippen LogP contribution in [0.15, 0.2) is 0 Å². The van der Waals surface area contributed by atoms with E-state index in [9.17, 15) is 4.79 Å². The SMILES string of the molecule is CNCCC1CCN(C(C)C(=O)OC)CC1. The highest BCUT2D eigenvalue weighted by molar-refractivity contribution is 5.75. The van der Waals surface area contributed by atoms with E-state index >= 15 is 0 Å². The fraction of sp³-hybridized carbons (Fsp3) is 0.917. The van der Waals surface area contributed by atoms with Crippen LogP contribution in [0.25, 0.3) is 0 Å². The van der Waals surface area contributed by atoms with Crippen LogP contribution >= 0.6 is 0 Å². The summed E-state index contributed by atoms with van der Waals surface area (Å²) in [5.74, 6) is 0.697. The van der Waals surface area contributed by atoms with Gasteiger partial charge in [0.05, 0.1) is 7.11 Å². The molecular formula is C12H24N2O2. The van der Waals surface area contributed by atoms with Crippen molar-refractivity contribution in [3.05, 3.63) is 0 Å². The molecule has 4 heteroatoms. The molecule has 4 nitrogen and oxygen atoms in total. The highest BCUT2D eigenvalue weighted by Crippen LogP contribution is 2.21. The van der Waals surface area contributed by atoms with Crippen molar-refractivity contribution in [2.24, 2.45) is 5.92 Å². The number of nitrogens with one attached hydrogen (secondary N) is 1. The van der Waals surface area contributed by atoms with Gasteiger partial charge in [-0.3, -0.25) is 9.69 Å². The normalized spacial score (nSPS) is 20.7. The van der Waals surface area contributed by atoms with Gasteiger partial charge in [-0.2, -0.15) is 0 Å². The van der Waals surface area contributed by atoms with Crippen LogP contribution < -0.4 is 5.32 Å². The fourth-order valence-corrected chi connectivity index (χ4v) is 2.30. The first-order chi connectivity index (χ1) is 7.69. The standard InChI is InChI=1S/C12H24N2O2/c1-10(12(15)16-3)14-8-5-11(6-9-14)4-7-13-2/h10-11,13H,4-9H2,1-3H3. The number of piperidine rings is 1. The number of hydrogen-bond acceptors (Lipinski definition) is 4. The summed E-state index contributed by atoms with van der Waals surface area (Å²) in [5, 5.41) is 3.19. The highest BCUT2D eigenvalue weighted by Gasteiger charge is 2.26. The maximum atomic E-state index is 11.4. The minimum atomic E-state index is -0.117. The molecule has 1 fully saturated rings. The number of ether oxygens (including phenoxy) is 1. The number of methoxy groups -OCH3 is 1. The molecule has 1 N–H and O–H groups in total. The van der Waals surface area contributed by atoms with Gasteiger partial charge < -0.3 is 10.1 Å². The Balaban J connectivity index is 2.28. The molecule has 1 rings (SSSR count). The fourth-order valence-electron chi connectivity index (χ4n) is 2.30. The van der Waals surface area contributed by atoms with E-state index in [1.165, 1.54) is 26.4 Å². The molecule has 1 atom stereocenters. The number of carbonyl (C=O) groups is 1. The van der Waals surface area contributed by atoms with Crippen LogP contribution in [-0.2, 0) is 9.53 Å². The number of carbonyl (C=O) groups excluding carboxylic acids is 1. The molecule has 1 aliphatic rings. The van der Waals surface area contributed by atoms with Crippen molar-refractivity contribution in [1.82, 2.24) is 10.2 Å². The lowest BCUT2D eigenvalue weighted by Crippen LogP contribution is -2.44. The van der Waals surface area contributed by atoms with Crippen molar-refractivity contribution in [2.75, 3.05) is 33.8 Å².